The van der Waals surface area contributed by atoms with Crippen LogP contribution in [0.3, 0.4) is 0 Å². The van der Waals surface area contributed by atoms with E-state index in [1.165, 1.54) is 21.8 Å². The van der Waals surface area contributed by atoms with Crippen LogP contribution in [0.15, 0.2) is 54.6 Å². The Hall–Kier alpha value is -3.53. The van der Waals surface area contributed by atoms with Crippen LogP contribution in [0, 0.1) is 17.7 Å². The van der Waals surface area contributed by atoms with E-state index in [-0.39, 0.29) is 24.8 Å². The molecule has 0 unspecified atom stereocenters. The van der Waals surface area contributed by atoms with Crippen LogP contribution < -0.4 is 0 Å². The van der Waals surface area contributed by atoms with Crippen LogP contribution in [0.25, 0.3) is 0 Å². The molecule has 0 spiro atoms. The van der Waals surface area contributed by atoms with Gasteiger partial charge in [0.2, 0.25) is 0 Å². The summed E-state index contributed by atoms with van der Waals surface area (Å²) >= 11 is 0. The van der Waals surface area contributed by atoms with Crippen molar-refractivity contribution in [3.63, 3.8) is 0 Å². The Labute approximate surface area is 150 Å². The standard InChI is InChI=1S/C19H16FN5O/c1-24(19(26)16-7-3-2-4-8-16)14-18-21-23-25(22-18)13-5-6-15-9-11-17(20)12-10-15/h2-4,7-12H,13-14H2,1H3. The number of carbonyl (C=O) groups is 1. The highest BCUT2D eigenvalue weighted by molar-refractivity contribution is 5.93. The summed E-state index contributed by atoms with van der Waals surface area (Å²) in [6.07, 6.45) is 0. The molecule has 2 aromatic carbocycles. The summed E-state index contributed by atoms with van der Waals surface area (Å²) in [6.45, 7) is 0.500. The zero-order valence-electron chi connectivity index (χ0n) is 14.1. The number of hydrogen-bond donors (Lipinski definition) is 0. The van der Waals surface area contributed by atoms with E-state index in [4.69, 9.17) is 0 Å². The molecule has 3 rings (SSSR count). The lowest BCUT2D eigenvalue weighted by Crippen LogP contribution is -2.26. The Balaban J connectivity index is 1.58. The summed E-state index contributed by atoms with van der Waals surface area (Å²) in [6, 6.07) is 14.9. The zero-order chi connectivity index (χ0) is 18.4. The molecule has 0 saturated heterocycles. The van der Waals surface area contributed by atoms with Gasteiger partial charge in [-0.3, -0.25) is 4.79 Å². The fraction of sp³-hybridized carbons (Fsp3) is 0.158. The molecule has 0 atom stereocenters. The Morgan fingerprint density at radius 3 is 2.62 bits per heavy atom. The summed E-state index contributed by atoms with van der Waals surface area (Å²) < 4.78 is 12.8. The van der Waals surface area contributed by atoms with Gasteiger partial charge < -0.3 is 4.90 Å². The molecule has 0 radical (unpaired) electrons. The quantitative estimate of drug-likeness (QED) is 0.677. The first kappa shape index (κ1) is 17.3. The summed E-state index contributed by atoms with van der Waals surface area (Å²) in [7, 11) is 1.68. The van der Waals surface area contributed by atoms with E-state index in [0.717, 1.165) is 0 Å². The lowest BCUT2D eigenvalue weighted by Gasteiger charge is -2.14. The van der Waals surface area contributed by atoms with Gasteiger partial charge in [0.25, 0.3) is 5.91 Å². The molecule has 1 amide bonds. The van der Waals surface area contributed by atoms with Crippen molar-refractivity contribution in [3.8, 4) is 11.8 Å². The van der Waals surface area contributed by atoms with E-state index >= 15 is 0 Å². The second kappa shape index (κ2) is 8.03. The van der Waals surface area contributed by atoms with E-state index in [1.807, 2.05) is 18.2 Å². The largest absolute Gasteiger partial charge is 0.334 e. The average Bonchev–Trinajstić information content (AvgIpc) is 3.10. The topological polar surface area (TPSA) is 63.9 Å². The molecule has 6 nitrogen and oxygen atoms in total. The van der Waals surface area contributed by atoms with Crippen LogP contribution in [0.1, 0.15) is 21.7 Å². The van der Waals surface area contributed by atoms with Crippen molar-refractivity contribution < 1.29 is 9.18 Å². The van der Waals surface area contributed by atoms with E-state index in [0.29, 0.717) is 17.0 Å². The lowest BCUT2D eigenvalue weighted by atomic mass is 10.2. The minimum Gasteiger partial charge on any atom is -0.334 e. The fourth-order valence-electron chi connectivity index (χ4n) is 2.24. The third kappa shape index (κ3) is 4.51. The summed E-state index contributed by atoms with van der Waals surface area (Å²) in [5.74, 6) is 5.82. The maximum absolute atomic E-state index is 12.8. The summed E-state index contributed by atoms with van der Waals surface area (Å²) in [4.78, 5) is 15.2. The number of amides is 1. The molecule has 1 heterocycles. The Morgan fingerprint density at radius 2 is 1.88 bits per heavy atom. The molecule has 0 aliphatic carbocycles. The van der Waals surface area contributed by atoms with Gasteiger partial charge in [-0.25, -0.2) is 4.39 Å². The number of halogens is 1. The molecule has 0 fully saturated rings. The van der Waals surface area contributed by atoms with Crippen LogP contribution in [0.2, 0.25) is 0 Å². The monoisotopic (exact) mass is 349 g/mol. The van der Waals surface area contributed by atoms with Crippen molar-refractivity contribution in [3.05, 3.63) is 77.4 Å². The van der Waals surface area contributed by atoms with Crippen molar-refractivity contribution in [2.45, 2.75) is 13.1 Å². The maximum atomic E-state index is 12.8. The van der Waals surface area contributed by atoms with E-state index in [1.54, 1.807) is 31.3 Å². The number of aromatic nitrogens is 4. The Morgan fingerprint density at radius 1 is 1.15 bits per heavy atom. The number of benzene rings is 2. The van der Waals surface area contributed by atoms with E-state index in [2.05, 4.69) is 27.3 Å². The second-order valence-electron chi connectivity index (χ2n) is 5.57. The fourth-order valence-corrected chi connectivity index (χ4v) is 2.24. The third-order valence-corrected chi connectivity index (χ3v) is 3.54. The molecule has 0 bridgehead atoms. The predicted octanol–water partition coefficient (Wildman–Crippen LogP) is 2.14. The van der Waals surface area contributed by atoms with Gasteiger partial charge in [-0.1, -0.05) is 30.0 Å². The van der Waals surface area contributed by atoms with Gasteiger partial charge in [0.1, 0.15) is 12.4 Å². The first-order valence-electron chi connectivity index (χ1n) is 7.93. The highest BCUT2D eigenvalue weighted by atomic mass is 19.1. The number of nitrogens with zero attached hydrogens (tertiary/aromatic N) is 5. The smallest absolute Gasteiger partial charge is 0.254 e. The molecular weight excluding hydrogens is 333 g/mol. The molecular formula is C19H16FN5O. The van der Waals surface area contributed by atoms with Gasteiger partial charge in [0.15, 0.2) is 5.82 Å². The molecule has 3 aromatic rings. The van der Waals surface area contributed by atoms with Crippen molar-refractivity contribution in [2.24, 2.45) is 0 Å². The first-order chi connectivity index (χ1) is 12.6. The molecule has 130 valence electrons. The SMILES string of the molecule is CN(Cc1nnn(CC#Cc2ccc(F)cc2)n1)C(=O)c1ccccc1. The van der Waals surface area contributed by atoms with Gasteiger partial charge in [0, 0.05) is 18.2 Å². The van der Waals surface area contributed by atoms with Gasteiger partial charge in [-0.05, 0) is 41.6 Å². The first-order valence-corrected chi connectivity index (χ1v) is 7.93. The molecule has 0 aliphatic heterocycles. The second-order valence-corrected chi connectivity index (χ2v) is 5.57. The highest BCUT2D eigenvalue weighted by Crippen LogP contribution is 2.05. The van der Waals surface area contributed by atoms with E-state index in [9.17, 15) is 9.18 Å². The van der Waals surface area contributed by atoms with Crippen molar-refractivity contribution in [2.75, 3.05) is 7.05 Å². The minimum absolute atomic E-state index is 0.113. The van der Waals surface area contributed by atoms with Crippen molar-refractivity contribution >= 4 is 5.91 Å². The lowest BCUT2D eigenvalue weighted by molar-refractivity contribution is 0.0781. The van der Waals surface area contributed by atoms with Gasteiger partial charge in [-0.15, -0.1) is 10.2 Å². The van der Waals surface area contributed by atoms with Gasteiger partial charge in [-0.2, -0.15) is 4.80 Å². The third-order valence-electron chi connectivity index (χ3n) is 3.54. The summed E-state index contributed by atoms with van der Waals surface area (Å²) in [5.41, 5.74) is 1.31. The predicted molar refractivity (Wildman–Crippen MR) is 93.3 cm³/mol. The molecule has 0 aliphatic rings. The van der Waals surface area contributed by atoms with Crippen molar-refractivity contribution in [1.82, 2.24) is 25.1 Å². The highest BCUT2D eigenvalue weighted by Gasteiger charge is 2.14. The number of rotatable bonds is 4. The van der Waals surface area contributed by atoms with Crippen LogP contribution in [0.4, 0.5) is 4.39 Å². The molecule has 1 aromatic heterocycles. The summed E-state index contributed by atoms with van der Waals surface area (Å²) in [5, 5.41) is 12.1. The van der Waals surface area contributed by atoms with E-state index < -0.39 is 0 Å². The molecule has 0 N–H and O–H groups in total. The average molecular weight is 349 g/mol. The molecule has 0 saturated carbocycles. The minimum atomic E-state index is -0.299. The normalized spacial score (nSPS) is 10.1. The van der Waals surface area contributed by atoms with Crippen LogP contribution in [-0.2, 0) is 13.1 Å². The van der Waals surface area contributed by atoms with Crippen LogP contribution in [-0.4, -0.2) is 38.1 Å². The van der Waals surface area contributed by atoms with Crippen LogP contribution >= 0.6 is 0 Å². The molecule has 26 heavy (non-hydrogen) atoms. The Kier molecular flexibility index (Phi) is 5.34. The van der Waals surface area contributed by atoms with Gasteiger partial charge in [0.05, 0.1) is 6.54 Å². The molecule has 7 heteroatoms. The number of tetrazole rings is 1. The zero-order valence-corrected chi connectivity index (χ0v) is 14.1. The maximum Gasteiger partial charge on any atom is 0.254 e. The van der Waals surface area contributed by atoms with Gasteiger partial charge >= 0.3 is 0 Å². The number of carbonyl (C=O) groups excluding carboxylic acids is 1. The Bertz CT molecular complexity index is 941. The van der Waals surface area contributed by atoms with Crippen molar-refractivity contribution in [1.29, 1.82) is 0 Å². The number of hydrogen-bond acceptors (Lipinski definition) is 4. The van der Waals surface area contributed by atoms with Crippen LogP contribution in [0.5, 0.6) is 0 Å².